The first-order valence-corrected chi connectivity index (χ1v) is 5.82. The Balaban J connectivity index is 2.64. The van der Waals surface area contributed by atoms with E-state index in [1.807, 2.05) is 6.92 Å². The molecule has 0 heterocycles. The molecule has 0 radical (unpaired) electrons. The predicted molar refractivity (Wildman–Crippen MR) is 63.0 cm³/mol. The summed E-state index contributed by atoms with van der Waals surface area (Å²) in [7, 11) is 0. The van der Waals surface area contributed by atoms with Gasteiger partial charge in [0.05, 0.1) is 0 Å². The van der Waals surface area contributed by atoms with E-state index in [2.05, 4.69) is 5.32 Å². The van der Waals surface area contributed by atoms with Gasteiger partial charge in [0.1, 0.15) is 5.82 Å². The van der Waals surface area contributed by atoms with Crippen LogP contribution in [0, 0.1) is 5.82 Å². The fourth-order valence-corrected chi connectivity index (χ4v) is 1.81. The molecule has 0 aliphatic heterocycles. The zero-order valence-electron chi connectivity index (χ0n) is 8.56. The number of nitrogens with one attached hydrogen (secondary N) is 1. The Labute approximate surface area is 99.6 Å². The first-order chi connectivity index (χ1) is 7.19. The van der Waals surface area contributed by atoms with Crippen LogP contribution in [0.1, 0.15) is 18.9 Å². The highest BCUT2D eigenvalue weighted by atomic mass is 35.5. The second-order valence-corrected chi connectivity index (χ2v) is 4.06. The molecular formula is C11H14Cl2FN. The lowest BCUT2D eigenvalue weighted by Crippen LogP contribution is -2.29. The maximum Gasteiger partial charge on any atom is 0.129 e. The normalized spacial score (nSPS) is 12.8. The van der Waals surface area contributed by atoms with E-state index in [1.165, 1.54) is 6.07 Å². The van der Waals surface area contributed by atoms with Crippen molar-refractivity contribution in [3.8, 4) is 0 Å². The van der Waals surface area contributed by atoms with E-state index in [0.29, 0.717) is 23.0 Å². The van der Waals surface area contributed by atoms with Crippen LogP contribution in [0.5, 0.6) is 0 Å². The third-order valence-electron chi connectivity index (χ3n) is 2.31. The predicted octanol–water partition coefficient (Wildman–Crippen LogP) is 3.59. The van der Waals surface area contributed by atoms with Crippen LogP contribution in [0.4, 0.5) is 4.39 Å². The Morgan fingerprint density at radius 2 is 2.20 bits per heavy atom. The summed E-state index contributed by atoms with van der Waals surface area (Å²) in [6.07, 6.45) is 0.912. The van der Waals surface area contributed by atoms with E-state index in [9.17, 15) is 4.39 Å². The molecule has 0 aliphatic rings. The van der Waals surface area contributed by atoms with Crippen molar-refractivity contribution in [1.29, 1.82) is 0 Å². The Bertz CT molecular complexity index is 293. The molecule has 0 fully saturated rings. The summed E-state index contributed by atoms with van der Waals surface area (Å²) in [4.78, 5) is 0. The molecule has 0 aliphatic carbocycles. The minimum absolute atomic E-state index is 0.197. The van der Waals surface area contributed by atoms with Crippen LogP contribution in [0.25, 0.3) is 0 Å². The van der Waals surface area contributed by atoms with E-state index < -0.39 is 0 Å². The fraction of sp³-hybridized carbons (Fsp3) is 0.455. The lowest BCUT2D eigenvalue weighted by atomic mass is 10.2. The minimum atomic E-state index is -0.278. The molecule has 84 valence electrons. The summed E-state index contributed by atoms with van der Waals surface area (Å²) in [5.74, 6) is 0.238. The van der Waals surface area contributed by atoms with Crippen molar-refractivity contribution in [2.45, 2.75) is 25.9 Å². The van der Waals surface area contributed by atoms with Crippen molar-refractivity contribution in [3.63, 3.8) is 0 Å². The van der Waals surface area contributed by atoms with Gasteiger partial charge in [-0.25, -0.2) is 4.39 Å². The number of benzene rings is 1. The van der Waals surface area contributed by atoms with Gasteiger partial charge < -0.3 is 5.32 Å². The van der Waals surface area contributed by atoms with Gasteiger partial charge in [0, 0.05) is 29.1 Å². The summed E-state index contributed by atoms with van der Waals surface area (Å²) in [6, 6.07) is 4.88. The number of hydrogen-bond donors (Lipinski definition) is 1. The monoisotopic (exact) mass is 249 g/mol. The zero-order valence-corrected chi connectivity index (χ0v) is 10.1. The molecule has 0 bridgehead atoms. The van der Waals surface area contributed by atoms with Gasteiger partial charge in [-0.2, -0.15) is 0 Å². The van der Waals surface area contributed by atoms with E-state index in [1.54, 1.807) is 12.1 Å². The van der Waals surface area contributed by atoms with Gasteiger partial charge in [0.15, 0.2) is 0 Å². The quantitative estimate of drug-likeness (QED) is 0.787. The summed E-state index contributed by atoms with van der Waals surface area (Å²) >= 11 is 11.6. The molecule has 0 saturated carbocycles. The van der Waals surface area contributed by atoms with Gasteiger partial charge in [-0.05, 0) is 18.6 Å². The van der Waals surface area contributed by atoms with Crippen molar-refractivity contribution in [3.05, 3.63) is 34.6 Å². The first kappa shape index (κ1) is 12.8. The molecule has 0 saturated heterocycles. The molecule has 15 heavy (non-hydrogen) atoms. The van der Waals surface area contributed by atoms with Crippen LogP contribution in [-0.4, -0.2) is 11.9 Å². The van der Waals surface area contributed by atoms with Gasteiger partial charge >= 0.3 is 0 Å². The third kappa shape index (κ3) is 3.63. The second kappa shape index (κ2) is 6.31. The molecule has 0 spiro atoms. The largest absolute Gasteiger partial charge is 0.309 e. The third-order valence-corrected chi connectivity index (χ3v) is 3.03. The number of alkyl halides is 1. The van der Waals surface area contributed by atoms with Gasteiger partial charge in [0.25, 0.3) is 0 Å². The zero-order chi connectivity index (χ0) is 11.3. The van der Waals surface area contributed by atoms with Crippen molar-refractivity contribution < 1.29 is 4.39 Å². The van der Waals surface area contributed by atoms with Crippen LogP contribution >= 0.6 is 23.2 Å². The van der Waals surface area contributed by atoms with Crippen LogP contribution in [0.15, 0.2) is 18.2 Å². The Morgan fingerprint density at radius 1 is 1.47 bits per heavy atom. The molecule has 1 unspecified atom stereocenters. The molecule has 1 atom stereocenters. The topological polar surface area (TPSA) is 12.0 Å². The molecule has 1 rings (SSSR count). The molecular weight excluding hydrogens is 236 g/mol. The first-order valence-electron chi connectivity index (χ1n) is 4.91. The van der Waals surface area contributed by atoms with Crippen LogP contribution in [0.2, 0.25) is 5.02 Å². The standard InChI is InChI=1S/C11H14Cl2FN/c1-2-8(6-12)15-7-9-10(13)4-3-5-11(9)14/h3-5,8,15H,2,6-7H2,1H3. The Hall–Kier alpha value is -0.310. The Kier molecular flexibility index (Phi) is 5.37. The highest BCUT2D eigenvalue weighted by Crippen LogP contribution is 2.18. The van der Waals surface area contributed by atoms with Gasteiger partial charge in [-0.3, -0.25) is 0 Å². The summed E-state index contributed by atoms with van der Waals surface area (Å²) < 4.78 is 13.4. The second-order valence-electron chi connectivity index (χ2n) is 3.34. The van der Waals surface area contributed by atoms with E-state index in [-0.39, 0.29) is 11.9 Å². The van der Waals surface area contributed by atoms with Crippen molar-refractivity contribution in [2.75, 3.05) is 5.88 Å². The van der Waals surface area contributed by atoms with Crippen molar-refractivity contribution in [1.82, 2.24) is 5.32 Å². The Morgan fingerprint density at radius 3 is 2.73 bits per heavy atom. The number of hydrogen-bond acceptors (Lipinski definition) is 1. The number of halogens is 3. The van der Waals surface area contributed by atoms with Gasteiger partial charge in [-0.1, -0.05) is 24.6 Å². The van der Waals surface area contributed by atoms with E-state index >= 15 is 0 Å². The lowest BCUT2D eigenvalue weighted by molar-refractivity contribution is 0.520. The lowest BCUT2D eigenvalue weighted by Gasteiger charge is -2.14. The molecule has 1 aromatic carbocycles. The molecule has 1 N–H and O–H groups in total. The van der Waals surface area contributed by atoms with Gasteiger partial charge in [-0.15, -0.1) is 11.6 Å². The summed E-state index contributed by atoms with van der Waals surface area (Å²) in [5.41, 5.74) is 0.503. The smallest absolute Gasteiger partial charge is 0.129 e. The summed E-state index contributed by atoms with van der Waals surface area (Å²) in [5, 5.41) is 3.61. The highest BCUT2D eigenvalue weighted by molar-refractivity contribution is 6.31. The molecule has 0 amide bonds. The molecule has 1 nitrogen and oxygen atoms in total. The van der Waals surface area contributed by atoms with Crippen LogP contribution in [-0.2, 0) is 6.54 Å². The maximum absolute atomic E-state index is 13.4. The highest BCUT2D eigenvalue weighted by Gasteiger charge is 2.09. The van der Waals surface area contributed by atoms with Crippen LogP contribution < -0.4 is 5.32 Å². The maximum atomic E-state index is 13.4. The average molecular weight is 250 g/mol. The molecule has 4 heteroatoms. The average Bonchev–Trinajstić information content (AvgIpc) is 2.23. The minimum Gasteiger partial charge on any atom is -0.309 e. The summed E-state index contributed by atoms with van der Waals surface area (Å²) in [6.45, 7) is 2.44. The molecule has 0 aromatic heterocycles. The molecule has 1 aromatic rings. The fourth-order valence-electron chi connectivity index (χ4n) is 1.26. The number of rotatable bonds is 5. The van der Waals surface area contributed by atoms with Crippen molar-refractivity contribution >= 4 is 23.2 Å². The van der Waals surface area contributed by atoms with E-state index in [4.69, 9.17) is 23.2 Å². The van der Waals surface area contributed by atoms with Crippen LogP contribution in [0.3, 0.4) is 0 Å². The van der Waals surface area contributed by atoms with Gasteiger partial charge in [0.2, 0.25) is 0 Å². The van der Waals surface area contributed by atoms with Crippen molar-refractivity contribution in [2.24, 2.45) is 0 Å². The SMILES string of the molecule is CCC(CCl)NCc1c(F)cccc1Cl. The van der Waals surface area contributed by atoms with E-state index in [0.717, 1.165) is 6.42 Å².